The van der Waals surface area contributed by atoms with Crippen molar-refractivity contribution in [2.75, 3.05) is 0 Å². The molecule has 2 nitrogen and oxygen atoms in total. The van der Waals surface area contributed by atoms with Gasteiger partial charge in [-0.3, -0.25) is 0 Å². The highest BCUT2D eigenvalue weighted by molar-refractivity contribution is 6.33. The molecule has 26 heavy (non-hydrogen) atoms. The normalized spacial score (nSPS) is 20.0. The Morgan fingerprint density at radius 1 is 1.19 bits per heavy atom. The van der Waals surface area contributed by atoms with Crippen molar-refractivity contribution in [2.24, 2.45) is 5.92 Å². The molecular formula is C21H19ClF2N2. The summed E-state index contributed by atoms with van der Waals surface area (Å²) >= 11 is 6.28. The lowest BCUT2D eigenvalue weighted by Gasteiger charge is -2.26. The summed E-state index contributed by atoms with van der Waals surface area (Å²) in [4.78, 5) is 7.78. The van der Waals surface area contributed by atoms with E-state index in [1.165, 1.54) is 0 Å². The molecule has 1 unspecified atom stereocenters. The highest BCUT2D eigenvalue weighted by atomic mass is 35.5. The second-order valence-electron chi connectivity index (χ2n) is 6.91. The first-order valence-corrected chi connectivity index (χ1v) is 9.19. The van der Waals surface area contributed by atoms with Gasteiger partial charge in [0.25, 0.3) is 0 Å². The van der Waals surface area contributed by atoms with E-state index in [4.69, 9.17) is 11.6 Å². The van der Waals surface area contributed by atoms with Crippen LogP contribution in [0.5, 0.6) is 0 Å². The van der Waals surface area contributed by atoms with E-state index < -0.39 is 5.92 Å². The number of aromatic nitrogens is 2. The molecule has 0 aliphatic heterocycles. The summed E-state index contributed by atoms with van der Waals surface area (Å²) in [6.45, 7) is 0. The van der Waals surface area contributed by atoms with Crippen molar-refractivity contribution >= 4 is 28.7 Å². The minimum absolute atomic E-state index is 0.00675. The van der Waals surface area contributed by atoms with E-state index in [1.54, 1.807) is 0 Å². The zero-order valence-corrected chi connectivity index (χ0v) is 14.9. The van der Waals surface area contributed by atoms with Gasteiger partial charge in [-0.15, -0.1) is 0 Å². The number of nitrogens with one attached hydrogen (secondary N) is 1. The number of benzene rings is 2. The number of H-pyrrole nitrogens is 1. The van der Waals surface area contributed by atoms with Crippen molar-refractivity contribution in [3.8, 4) is 11.1 Å². The van der Waals surface area contributed by atoms with Crippen LogP contribution in [-0.2, 0) is 0 Å². The van der Waals surface area contributed by atoms with Gasteiger partial charge in [0, 0.05) is 23.4 Å². The predicted octanol–water partition coefficient (Wildman–Crippen LogP) is 6.72. The van der Waals surface area contributed by atoms with Crippen molar-refractivity contribution in [1.82, 2.24) is 9.97 Å². The van der Waals surface area contributed by atoms with E-state index in [-0.39, 0.29) is 18.8 Å². The maximum atomic E-state index is 13.5. The van der Waals surface area contributed by atoms with Crippen molar-refractivity contribution in [1.29, 1.82) is 0 Å². The van der Waals surface area contributed by atoms with Gasteiger partial charge in [-0.2, -0.15) is 0 Å². The zero-order chi connectivity index (χ0) is 18.1. The number of hydrogen-bond donors (Lipinski definition) is 1. The van der Waals surface area contributed by atoms with Crippen molar-refractivity contribution < 1.29 is 8.78 Å². The Hall–Kier alpha value is -2.20. The first kappa shape index (κ1) is 17.2. The summed E-state index contributed by atoms with van der Waals surface area (Å²) in [6.07, 6.45) is 5.00. The van der Waals surface area contributed by atoms with Crippen LogP contribution < -0.4 is 0 Å². The first-order chi connectivity index (χ1) is 12.5. The molecule has 1 fully saturated rings. The Bertz CT molecular complexity index is 962. The second-order valence-corrected chi connectivity index (χ2v) is 7.31. The fourth-order valence-electron chi connectivity index (χ4n) is 3.57. The van der Waals surface area contributed by atoms with Gasteiger partial charge in [-0.05, 0) is 48.6 Å². The van der Waals surface area contributed by atoms with Crippen LogP contribution in [0.4, 0.5) is 8.78 Å². The molecule has 1 N–H and O–H groups in total. The minimum Gasteiger partial charge on any atom is -0.338 e. The van der Waals surface area contributed by atoms with Crippen molar-refractivity contribution in [3.05, 3.63) is 59.4 Å². The molecule has 4 rings (SSSR count). The third-order valence-electron chi connectivity index (χ3n) is 4.89. The minimum atomic E-state index is -2.54. The molecular weight excluding hydrogens is 354 g/mol. The average Bonchev–Trinajstić information content (AvgIpc) is 3.01. The first-order valence-electron chi connectivity index (χ1n) is 8.81. The van der Waals surface area contributed by atoms with Crippen LogP contribution in [0.15, 0.2) is 48.5 Å². The quantitative estimate of drug-likeness (QED) is 0.543. The Morgan fingerprint density at radius 2 is 2.04 bits per heavy atom. The summed E-state index contributed by atoms with van der Waals surface area (Å²) in [5.41, 5.74) is 3.71. The molecule has 0 spiro atoms. The fourth-order valence-corrected chi connectivity index (χ4v) is 3.82. The Morgan fingerprint density at radius 3 is 2.85 bits per heavy atom. The topological polar surface area (TPSA) is 28.7 Å². The number of alkyl halides is 2. The van der Waals surface area contributed by atoms with E-state index in [2.05, 4.69) is 9.97 Å². The molecule has 1 aromatic heterocycles. The molecule has 0 radical (unpaired) electrons. The van der Waals surface area contributed by atoms with E-state index in [9.17, 15) is 8.78 Å². The number of rotatable bonds is 3. The van der Waals surface area contributed by atoms with Gasteiger partial charge in [-0.1, -0.05) is 41.9 Å². The molecule has 0 saturated heterocycles. The molecule has 1 atom stereocenters. The molecule has 2 aromatic carbocycles. The molecule has 1 aliphatic rings. The number of allylic oxidation sites excluding steroid dienone is 1. The number of halogens is 3. The van der Waals surface area contributed by atoms with Crippen molar-refractivity contribution in [3.63, 3.8) is 0 Å². The molecule has 1 heterocycles. The van der Waals surface area contributed by atoms with E-state index >= 15 is 0 Å². The van der Waals surface area contributed by atoms with Crippen molar-refractivity contribution in [2.45, 2.75) is 31.6 Å². The lowest BCUT2D eigenvalue weighted by Crippen LogP contribution is -2.24. The van der Waals surface area contributed by atoms with Crippen LogP contribution in [0.1, 0.15) is 31.5 Å². The molecule has 134 valence electrons. The summed E-state index contributed by atoms with van der Waals surface area (Å²) in [5, 5.41) is 0.699. The molecule has 3 aromatic rings. The highest BCUT2D eigenvalue weighted by Gasteiger charge is 2.35. The van der Waals surface area contributed by atoms with Gasteiger partial charge >= 0.3 is 0 Å². The standard InChI is InChI=1S/C21H19ClF2N2/c22-17-6-2-1-5-16(17)15-8-9-18-19(12-15)26-20(25-18)10-7-14-4-3-11-21(23,24)13-14/h1-2,5-10,12,14H,3-4,11,13H2,(H,25,26). The van der Waals surface area contributed by atoms with Gasteiger partial charge in [0.15, 0.2) is 0 Å². The third kappa shape index (κ3) is 3.65. The van der Waals surface area contributed by atoms with Crippen LogP contribution >= 0.6 is 11.6 Å². The monoisotopic (exact) mass is 372 g/mol. The summed E-state index contributed by atoms with van der Waals surface area (Å²) in [7, 11) is 0. The zero-order valence-electron chi connectivity index (χ0n) is 14.2. The number of aromatic amines is 1. The molecule has 5 heteroatoms. The third-order valence-corrected chi connectivity index (χ3v) is 5.22. The van der Waals surface area contributed by atoms with Gasteiger partial charge in [0.05, 0.1) is 11.0 Å². The lowest BCUT2D eigenvalue weighted by atomic mass is 9.86. The van der Waals surface area contributed by atoms with Crippen LogP contribution in [0.25, 0.3) is 28.2 Å². The predicted molar refractivity (Wildman–Crippen MR) is 102 cm³/mol. The number of imidazole rings is 1. The van der Waals surface area contributed by atoms with Crippen LogP contribution in [0, 0.1) is 5.92 Å². The number of hydrogen-bond acceptors (Lipinski definition) is 1. The summed E-state index contributed by atoms with van der Waals surface area (Å²) in [6, 6.07) is 13.6. The van der Waals surface area contributed by atoms with E-state index in [0.29, 0.717) is 17.3 Å². The van der Waals surface area contributed by atoms with E-state index in [0.717, 1.165) is 28.6 Å². The van der Waals surface area contributed by atoms with Gasteiger partial charge < -0.3 is 4.98 Å². The number of fused-ring (bicyclic) bond motifs is 1. The fraction of sp³-hybridized carbons (Fsp3) is 0.286. The van der Waals surface area contributed by atoms with Crippen LogP contribution in [0.2, 0.25) is 5.02 Å². The second kappa shape index (κ2) is 6.84. The summed E-state index contributed by atoms with van der Waals surface area (Å²) in [5.74, 6) is -1.94. The lowest BCUT2D eigenvalue weighted by molar-refractivity contribution is -0.0452. The van der Waals surface area contributed by atoms with Crippen LogP contribution in [0.3, 0.4) is 0 Å². The van der Waals surface area contributed by atoms with E-state index in [1.807, 2.05) is 54.6 Å². The molecule has 0 amide bonds. The molecule has 0 bridgehead atoms. The maximum absolute atomic E-state index is 13.5. The molecule has 1 saturated carbocycles. The summed E-state index contributed by atoms with van der Waals surface area (Å²) < 4.78 is 27.0. The van der Waals surface area contributed by atoms with Gasteiger partial charge in [0.2, 0.25) is 5.92 Å². The highest BCUT2D eigenvalue weighted by Crippen LogP contribution is 2.37. The number of nitrogens with zero attached hydrogens (tertiary/aromatic N) is 1. The Labute approximate surface area is 155 Å². The van der Waals surface area contributed by atoms with Gasteiger partial charge in [-0.25, -0.2) is 13.8 Å². The molecule has 1 aliphatic carbocycles. The smallest absolute Gasteiger partial charge is 0.248 e. The van der Waals surface area contributed by atoms with Crippen LogP contribution in [-0.4, -0.2) is 15.9 Å². The largest absolute Gasteiger partial charge is 0.338 e. The maximum Gasteiger partial charge on any atom is 0.248 e. The average molecular weight is 373 g/mol. The SMILES string of the molecule is FC1(F)CCCC(C=Cc2nc3ccc(-c4ccccc4Cl)cc3[nH]2)C1. The Balaban J connectivity index is 1.58. The van der Waals surface area contributed by atoms with Gasteiger partial charge in [0.1, 0.15) is 5.82 Å². The Kier molecular flexibility index (Phi) is 4.53.